The van der Waals surface area contributed by atoms with Crippen molar-refractivity contribution >= 4 is 23.2 Å². The van der Waals surface area contributed by atoms with Gasteiger partial charge in [0.05, 0.1) is 5.02 Å². The van der Waals surface area contributed by atoms with Gasteiger partial charge >= 0.3 is 0 Å². The molecule has 0 aromatic heterocycles. The van der Waals surface area contributed by atoms with Crippen molar-refractivity contribution in [3.63, 3.8) is 0 Å². The minimum atomic E-state index is -0.206. The topological polar surface area (TPSA) is 46.2 Å². The lowest BCUT2D eigenvalue weighted by Gasteiger charge is -2.14. The number of aromatic hydroxyl groups is 1. The van der Waals surface area contributed by atoms with Crippen molar-refractivity contribution in [3.05, 3.63) is 27.7 Å². The summed E-state index contributed by atoms with van der Waals surface area (Å²) in [6, 6.07) is 2.99. The van der Waals surface area contributed by atoms with Gasteiger partial charge < -0.3 is 10.8 Å². The molecule has 16 heavy (non-hydrogen) atoms. The second-order valence-electron chi connectivity index (χ2n) is 3.93. The zero-order chi connectivity index (χ0) is 12.1. The largest absolute Gasteiger partial charge is 0.506 e. The van der Waals surface area contributed by atoms with Crippen molar-refractivity contribution in [2.24, 2.45) is 5.73 Å². The second-order valence-corrected chi connectivity index (χ2v) is 4.77. The molecule has 2 nitrogen and oxygen atoms in total. The van der Waals surface area contributed by atoms with Crippen molar-refractivity contribution in [1.29, 1.82) is 0 Å². The number of hydrogen-bond acceptors (Lipinski definition) is 2. The molecule has 1 aromatic carbocycles. The van der Waals surface area contributed by atoms with E-state index in [0.29, 0.717) is 10.6 Å². The molecule has 0 fully saturated rings. The second kappa shape index (κ2) is 6.33. The average Bonchev–Trinajstić information content (AvgIpc) is 2.23. The number of halogens is 2. The summed E-state index contributed by atoms with van der Waals surface area (Å²) in [5.41, 5.74) is 6.63. The number of hydrogen-bond donors (Lipinski definition) is 2. The van der Waals surface area contributed by atoms with E-state index in [1.54, 1.807) is 6.07 Å². The summed E-state index contributed by atoms with van der Waals surface area (Å²) in [7, 11) is 0. The summed E-state index contributed by atoms with van der Waals surface area (Å²) in [6.07, 6.45) is 4.16. The Bertz CT molecular complexity index is 355. The third-order valence-corrected chi connectivity index (χ3v) is 3.08. The summed E-state index contributed by atoms with van der Waals surface area (Å²) in [5, 5.41) is 10.5. The van der Waals surface area contributed by atoms with Crippen LogP contribution in [0.25, 0.3) is 0 Å². The van der Waals surface area contributed by atoms with Crippen LogP contribution in [0.3, 0.4) is 0 Å². The Morgan fingerprint density at radius 2 is 2.00 bits per heavy atom. The van der Waals surface area contributed by atoms with E-state index in [1.165, 1.54) is 6.07 Å². The Hall–Kier alpha value is -0.440. The first-order valence-corrected chi connectivity index (χ1v) is 6.25. The lowest BCUT2D eigenvalue weighted by atomic mass is 10.0. The molecule has 4 heteroatoms. The van der Waals surface area contributed by atoms with Crippen molar-refractivity contribution in [1.82, 2.24) is 0 Å². The van der Waals surface area contributed by atoms with E-state index in [2.05, 4.69) is 6.92 Å². The number of nitrogens with two attached hydrogens (primary N) is 1. The van der Waals surface area contributed by atoms with Crippen molar-refractivity contribution in [3.8, 4) is 5.75 Å². The van der Waals surface area contributed by atoms with Crippen LogP contribution in [0.2, 0.25) is 10.0 Å². The SMILES string of the molecule is CCCCC[C@H](N)c1cc(Cl)cc(Cl)c1O. The third kappa shape index (κ3) is 3.55. The van der Waals surface area contributed by atoms with Gasteiger partial charge in [-0.25, -0.2) is 0 Å². The summed E-state index contributed by atoms with van der Waals surface area (Å²) >= 11 is 11.7. The molecule has 0 spiro atoms. The predicted octanol–water partition coefficient (Wildman–Crippen LogP) is 4.28. The first kappa shape index (κ1) is 13.6. The van der Waals surface area contributed by atoms with E-state index >= 15 is 0 Å². The van der Waals surface area contributed by atoms with Crippen LogP contribution >= 0.6 is 23.2 Å². The number of unbranched alkanes of at least 4 members (excludes halogenated alkanes) is 2. The monoisotopic (exact) mass is 261 g/mol. The zero-order valence-electron chi connectivity index (χ0n) is 9.34. The van der Waals surface area contributed by atoms with Gasteiger partial charge in [0.25, 0.3) is 0 Å². The van der Waals surface area contributed by atoms with Gasteiger partial charge in [0.15, 0.2) is 0 Å². The van der Waals surface area contributed by atoms with E-state index in [1.807, 2.05) is 0 Å². The van der Waals surface area contributed by atoms with Gasteiger partial charge in [-0.1, -0.05) is 49.4 Å². The van der Waals surface area contributed by atoms with Gasteiger partial charge in [0.1, 0.15) is 5.75 Å². The summed E-state index contributed by atoms with van der Waals surface area (Å²) < 4.78 is 0. The lowest BCUT2D eigenvalue weighted by Crippen LogP contribution is -2.10. The van der Waals surface area contributed by atoms with E-state index < -0.39 is 0 Å². The lowest BCUT2D eigenvalue weighted by molar-refractivity contribution is 0.456. The quantitative estimate of drug-likeness (QED) is 0.778. The molecule has 0 aliphatic heterocycles. The fraction of sp³-hybridized carbons (Fsp3) is 0.500. The van der Waals surface area contributed by atoms with Gasteiger partial charge in [0, 0.05) is 16.6 Å². The maximum absolute atomic E-state index is 9.78. The fourth-order valence-electron chi connectivity index (χ4n) is 1.64. The third-order valence-electron chi connectivity index (χ3n) is 2.58. The molecule has 90 valence electrons. The molecule has 0 bridgehead atoms. The van der Waals surface area contributed by atoms with Crippen LogP contribution < -0.4 is 5.73 Å². The molecule has 0 saturated carbocycles. The zero-order valence-corrected chi connectivity index (χ0v) is 10.9. The Kier molecular flexibility index (Phi) is 5.39. The highest BCUT2D eigenvalue weighted by Gasteiger charge is 2.14. The maximum atomic E-state index is 9.78. The highest BCUT2D eigenvalue weighted by molar-refractivity contribution is 6.35. The van der Waals surface area contributed by atoms with E-state index in [9.17, 15) is 5.11 Å². The number of phenols is 1. The van der Waals surface area contributed by atoms with Crippen LogP contribution in [0, 0.1) is 0 Å². The van der Waals surface area contributed by atoms with Crippen LogP contribution in [0.4, 0.5) is 0 Å². The first-order valence-electron chi connectivity index (χ1n) is 5.49. The van der Waals surface area contributed by atoms with Crippen LogP contribution in [0.15, 0.2) is 12.1 Å². The molecule has 0 radical (unpaired) electrons. The number of rotatable bonds is 5. The normalized spacial score (nSPS) is 12.8. The summed E-state index contributed by atoms with van der Waals surface area (Å²) in [6.45, 7) is 2.14. The molecule has 0 aliphatic rings. The minimum Gasteiger partial charge on any atom is -0.506 e. The summed E-state index contributed by atoms with van der Waals surface area (Å²) in [5.74, 6) is 0.0510. The molecule has 1 rings (SSSR count). The van der Waals surface area contributed by atoms with Crippen molar-refractivity contribution < 1.29 is 5.11 Å². The minimum absolute atomic E-state index is 0.0510. The van der Waals surface area contributed by atoms with E-state index in [-0.39, 0.29) is 16.8 Å². The number of phenolic OH excluding ortho intramolecular Hbond substituents is 1. The van der Waals surface area contributed by atoms with Crippen LogP contribution in [0.1, 0.15) is 44.2 Å². The highest BCUT2D eigenvalue weighted by atomic mass is 35.5. The Balaban J connectivity index is 2.78. The van der Waals surface area contributed by atoms with Crippen LogP contribution in [-0.2, 0) is 0 Å². The Morgan fingerprint density at radius 1 is 1.31 bits per heavy atom. The van der Waals surface area contributed by atoms with Gasteiger partial charge in [-0.15, -0.1) is 0 Å². The first-order chi connectivity index (χ1) is 7.56. The predicted molar refractivity (Wildman–Crippen MR) is 69.2 cm³/mol. The van der Waals surface area contributed by atoms with Crippen molar-refractivity contribution in [2.75, 3.05) is 0 Å². The molecule has 3 N–H and O–H groups in total. The average molecular weight is 262 g/mol. The van der Waals surface area contributed by atoms with Gasteiger partial charge in [-0.05, 0) is 18.6 Å². The number of benzene rings is 1. The summed E-state index contributed by atoms with van der Waals surface area (Å²) in [4.78, 5) is 0. The molecular weight excluding hydrogens is 245 g/mol. The molecule has 0 saturated heterocycles. The Labute approximate surface area is 106 Å². The maximum Gasteiger partial charge on any atom is 0.139 e. The van der Waals surface area contributed by atoms with E-state index in [0.717, 1.165) is 25.7 Å². The molecule has 0 aliphatic carbocycles. The molecule has 0 heterocycles. The smallest absolute Gasteiger partial charge is 0.139 e. The standard InChI is InChI=1S/C12H17Cl2NO/c1-2-3-4-5-11(15)9-6-8(13)7-10(14)12(9)16/h6-7,11,16H,2-5,15H2,1H3/t11-/m0/s1. The fourth-order valence-corrected chi connectivity index (χ4v) is 2.15. The molecular formula is C12H17Cl2NO. The van der Waals surface area contributed by atoms with Crippen LogP contribution in [0.5, 0.6) is 5.75 Å². The molecule has 1 aromatic rings. The molecule has 1 atom stereocenters. The van der Waals surface area contributed by atoms with Crippen molar-refractivity contribution in [2.45, 2.75) is 38.6 Å². The van der Waals surface area contributed by atoms with Gasteiger partial charge in [-0.3, -0.25) is 0 Å². The highest BCUT2D eigenvalue weighted by Crippen LogP contribution is 2.35. The van der Waals surface area contributed by atoms with E-state index in [4.69, 9.17) is 28.9 Å². The molecule has 0 unspecified atom stereocenters. The molecule has 0 amide bonds. The van der Waals surface area contributed by atoms with Crippen LogP contribution in [-0.4, -0.2) is 5.11 Å². The Morgan fingerprint density at radius 3 is 2.62 bits per heavy atom. The van der Waals surface area contributed by atoms with Gasteiger partial charge in [-0.2, -0.15) is 0 Å². The van der Waals surface area contributed by atoms with Gasteiger partial charge in [0.2, 0.25) is 0 Å².